The van der Waals surface area contributed by atoms with E-state index in [0.29, 0.717) is 37.7 Å². The highest BCUT2D eigenvalue weighted by Crippen LogP contribution is 2.35. The third-order valence-electron chi connectivity index (χ3n) is 4.65. The van der Waals surface area contributed by atoms with Crippen LogP contribution in [0.2, 0.25) is 0 Å². The van der Waals surface area contributed by atoms with Crippen LogP contribution >= 0.6 is 24.8 Å². The lowest BCUT2D eigenvalue weighted by Gasteiger charge is -2.33. The lowest BCUT2D eigenvalue weighted by atomic mass is 9.78. The van der Waals surface area contributed by atoms with E-state index in [1.165, 1.54) is 0 Å². The molecule has 25 heavy (non-hydrogen) atoms. The van der Waals surface area contributed by atoms with E-state index in [1.54, 1.807) is 11.2 Å². The molecule has 1 amide bonds. The molecule has 1 aliphatic heterocycles. The molecule has 0 aromatic carbocycles. The number of amides is 1. The van der Waals surface area contributed by atoms with Gasteiger partial charge in [-0.15, -0.1) is 24.8 Å². The first-order valence-electron chi connectivity index (χ1n) is 8.41. The number of nitrogens with two attached hydrogens (primary N) is 1. The van der Waals surface area contributed by atoms with Crippen LogP contribution in [0, 0.1) is 0 Å². The number of carbonyl (C=O) groups excluding carboxylic acids is 1. The van der Waals surface area contributed by atoms with Crippen molar-refractivity contribution in [3.63, 3.8) is 0 Å². The van der Waals surface area contributed by atoms with E-state index < -0.39 is 0 Å². The molecule has 9 heteroatoms. The highest BCUT2D eigenvalue weighted by Gasteiger charge is 2.29. The van der Waals surface area contributed by atoms with Crippen LogP contribution in [0.3, 0.4) is 0 Å². The molecule has 0 atom stereocenters. The molecule has 2 heterocycles. The predicted octanol–water partition coefficient (Wildman–Crippen LogP) is 2.56. The van der Waals surface area contributed by atoms with Gasteiger partial charge in [0.15, 0.2) is 0 Å². The van der Waals surface area contributed by atoms with E-state index in [2.05, 4.69) is 15.3 Å². The van der Waals surface area contributed by atoms with Crippen LogP contribution in [-0.4, -0.2) is 52.7 Å². The van der Waals surface area contributed by atoms with Gasteiger partial charge in [0, 0.05) is 42.9 Å². The fourth-order valence-corrected chi connectivity index (χ4v) is 3.21. The summed E-state index contributed by atoms with van der Waals surface area (Å²) in [7, 11) is 0. The number of hydrogen-bond donors (Lipinski definition) is 2. The third-order valence-corrected chi connectivity index (χ3v) is 4.65. The molecular formula is C16H27Cl2N5O2. The number of likely N-dealkylation sites (tertiary alicyclic amines) is 1. The van der Waals surface area contributed by atoms with Crippen LogP contribution in [0.25, 0.3) is 0 Å². The molecule has 0 spiro atoms. The van der Waals surface area contributed by atoms with Crippen molar-refractivity contribution in [3.05, 3.63) is 18.1 Å². The van der Waals surface area contributed by atoms with Gasteiger partial charge in [-0.1, -0.05) is 0 Å². The second-order valence-corrected chi connectivity index (χ2v) is 6.36. The summed E-state index contributed by atoms with van der Waals surface area (Å²) in [5.74, 6) is 1.34. The summed E-state index contributed by atoms with van der Waals surface area (Å²) in [4.78, 5) is 22.2. The van der Waals surface area contributed by atoms with E-state index >= 15 is 0 Å². The van der Waals surface area contributed by atoms with Crippen molar-refractivity contribution in [1.29, 1.82) is 0 Å². The Morgan fingerprint density at radius 2 is 2.00 bits per heavy atom. The lowest BCUT2D eigenvalue weighted by Crippen LogP contribution is -2.42. The molecule has 1 aromatic heterocycles. The van der Waals surface area contributed by atoms with Crippen LogP contribution < -0.4 is 11.1 Å². The number of anilines is 1. The Labute approximate surface area is 160 Å². The summed E-state index contributed by atoms with van der Waals surface area (Å²) < 4.78 is 5.04. The van der Waals surface area contributed by atoms with Gasteiger partial charge in [-0.2, -0.15) is 0 Å². The largest absolute Gasteiger partial charge is 0.450 e. The average molecular weight is 392 g/mol. The van der Waals surface area contributed by atoms with Gasteiger partial charge < -0.3 is 20.7 Å². The Morgan fingerprint density at radius 1 is 1.32 bits per heavy atom. The van der Waals surface area contributed by atoms with E-state index in [4.69, 9.17) is 10.5 Å². The van der Waals surface area contributed by atoms with Crippen molar-refractivity contribution in [2.45, 2.75) is 50.6 Å². The van der Waals surface area contributed by atoms with Gasteiger partial charge in [-0.05, 0) is 32.6 Å². The van der Waals surface area contributed by atoms with Crippen LogP contribution in [-0.2, 0) is 4.74 Å². The van der Waals surface area contributed by atoms with E-state index in [0.717, 1.165) is 37.2 Å². The molecule has 0 bridgehead atoms. The van der Waals surface area contributed by atoms with Gasteiger partial charge in [0.05, 0.1) is 6.61 Å². The predicted molar refractivity (Wildman–Crippen MR) is 102 cm³/mol. The highest BCUT2D eigenvalue weighted by molar-refractivity contribution is 5.85. The van der Waals surface area contributed by atoms with Gasteiger partial charge in [-0.25, -0.2) is 14.8 Å². The molecule has 3 rings (SSSR count). The highest BCUT2D eigenvalue weighted by atomic mass is 35.5. The van der Waals surface area contributed by atoms with E-state index in [9.17, 15) is 4.79 Å². The normalized spacial score (nSPS) is 22.9. The van der Waals surface area contributed by atoms with Crippen LogP contribution in [0.4, 0.5) is 10.6 Å². The third kappa shape index (κ3) is 5.59. The Balaban J connectivity index is 0.00000156. The number of nitrogens with zero attached hydrogens (tertiary/aromatic N) is 3. The number of hydrogen-bond acceptors (Lipinski definition) is 6. The maximum Gasteiger partial charge on any atom is 0.409 e. The molecule has 3 N–H and O–H groups in total. The van der Waals surface area contributed by atoms with Gasteiger partial charge in [0.2, 0.25) is 0 Å². The summed E-state index contributed by atoms with van der Waals surface area (Å²) in [6.07, 6.45) is 5.22. The number of piperidine rings is 1. The fourth-order valence-electron chi connectivity index (χ4n) is 3.21. The number of carbonyl (C=O) groups is 1. The first-order chi connectivity index (χ1) is 11.2. The first-order valence-corrected chi connectivity index (χ1v) is 8.41. The van der Waals surface area contributed by atoms with Gasteiger partial charge in [-0.3, -0.25) is 0 Å². The number of nitrogens with one attached hydrogen (secondary N) is 1. The molecule has 1 aliphatic carbocycles. The minimum atomic E-state index is -0.211. The summed E-state index contributed by atoms with van der Waals surface area (Å²) >= 11 is 0. The molecule has 7 nitrogen and oxygen atoms in total. The summed E-state index contributed by atoms with van der Waals surface area (Å²) in [5, 5.41) is 3.47. The maximum absolute atomic E-state index is 11.7. The quantitative estimate of drug-likeness (QED) is 0.818. The average Bonchev–Trinajstić information content (AvgIpc) is 2.53. The van der Waals surface area contributed by atoms with Crippen LogP contribution in [0.15, 0.2) is 12.4 Å². The van der Waals surface area contributed by atoms with Crippen molar-refractivity contribution in [2.75, 3.05) is 25.0 Å². The van der Waals surface area contributed by atoms with Gasteiger partial charge in [0.25, 0.3) is 0 Å². The first kappa shape index (κ1) is 21.7. The maximum atomic E-state index is 11.7. The number of aromatic nitrogens is 2. The zero-order valence-corrected chi connectivity index (χ0v) is 16.0. The molecule has 0 unspecified atom stereocenters. The van der Waals surface area contributed by atoms with E-state index in [-0.39, 0.29) is 30.9 Å². The second kappa shape index (κ2) is 9.99. The van der Waals surface area contributed by atoms with Crippen molar-refractivity contribution < 1.29 is 9.53 Å². The molecule has 2 fully saturated rings. The monoisotopic (exact) mass is 391 g/mol. The van der Waals surface area contributed by atoms with Gasteiger partial charge >= 0.3 is 6.09 Å². The summed E-state index contributed by atoms with van der Waals surface area (Å²) in [5.41, 5.74) is 6.93. The minimum absolute atomic E-state index is 0. The number of rotatable bonds is 4. The molecule has 1 saturated carbocycles. The molecule has 0 radical (unpaired) electrons. The topological polar surface area (TPSA) is 93.4 Å². The minimum Gasteiger partial charge on any atom is -0.450 e. The zero-order chi connectivity index (χ0) is 16.2. The lowest BCUT2D eigenvalue weighted by molar-refractivity contribution is 0.0983. The Kier molecular flexibility index (Phi) is 8.68. The fraction of sp³-hybridized carbons (Fsp3) is 0.688. The van der Waals surface area contributed by atoms with Crippen molar-refractivity contribution >= 4 is 36.7 Å². The van der Waals surface area contributed by atoms with Crippen molar-refractivity contribution in [1.82, 2.24) is 14.9 Å². The van der Waals surface area contributed by atoms with Crippen LogP contribution in [0.5, 0.6) is 0 Å². The molecule has 142 valence electrons. The molecular weight excluding hydrogens is 365 g/mol. The smallest absolute Gasteiger partial charge is 0.409 e. The zero-order valence-electron chi connectivity index (χ0n) is 14.4. The Morgan fingerprint density at radius 3 is 2.60 bits per heavy atom. The number of halogens is 2. The van der Waals surface area contributed by atoms with Crippen molar-refractivity contribution in [2.24, 2.45) is 5.73 Å². The Bertz CT molecular complexity index is 549. The van der Waals surface area contributed by atoms with Crippen LogP contribution in [0.1, 0.15) is 44.2 Å². The standard InChI is InChI=1S/C16H25N5O2.2ClH/c1-2-23-16(22)21-5-3-13(4-6-21)20-15-9-14(18-10-19-15)11-7-12(17)8-11;;/h9-13H,2-8,17H2,1H3,(H,18,19,20);2*1H. The molecule has 1 saturated heterocycles. The SMILES string of the molecule is CCOC(=O)N1CCC(Nc2cc(C3CC(N)C3)ncn2)CC1.Cl.Cl. The summed E-state index contributed by atoms with van der Waals surface area (Å²) in [6.45, 7) is 3.68. The number of ether oxygens (including phenoxy) is 1. The second-order valence-electron chi connectivity index (χ2n) is 6.36. The Hall–Kier alpha value is -1.31. The molecule has 1 aromatic rings. The van der Waals surface area contributed by atoms with Gasteiger partial charge in [0.1, 0.15) is 12.1 Å². The molecule has 2 aliphatic rings. The van der Waals surface area contributed by atoms with Crippen molar-refractivity contribution in [3.8, 4) is 0 Å². The summed E-state index contributed by atoms with van der Waals surface area (Å²) in [6, 6.07) is 2.68. The van der Waals surface area contributed by atoms with E-state index in [1.807, 2.05) is 13.0 Å².